The molecule has 0 spiro atoms. The Labute approximate surface area is 129 Å². The molecule has 1 unspecified atom stereocenters. The highest BCUT2D eigenvalue weighted by atomic mass is 79.9. The molecule has 0 aliphatic carbocycles. The van der Waals surface area contributed by atoms with Crippen LogP contribution in [0.1, 0.15) is 24.1 Å². The third kappa shape index (κ3) is 3.58. The minimum absolute atomic E-state index is 0.337. The molecule has 0 amide bonds. The van der Waals surface area contributed by atoms with E-state index in [-0.39, 0.29) is 0 Å². The van der Waals surface area contributed by atoms with E-state index in [2.05, 4.69) is 63.3 Å². The second-order valence-electron chi connectivity index (χ2n) is 4.93. The first-order valence-electron chi connectivity index (χ1n) is 6.68. The van der Waals surface area contributed by atoms with Crippen molar-refractivity contribution in [2.24, 2.45) is 0 Å². The van der Waals surface area contributed by atoms with Gasteiger partial charge in [-0.25, -0.2) is 0 Å². The Morgan fingerprint density at radius 2 is 1.95 bits per heavy atom. The molecule has 0 bridgehead atoms. The average molecular weight is 334 g/mol. The molecule has 2 aromatic rings. The number of benzene rings is 1. The summed E-state index contributed by atoms with van der Waals surface area (Å²) in [6.45, 7) is 3.02. The standard InChI is InChI=1S/C16H20BrN3/c1-12(18-2)15-5-4-14(10-16(15)17)20(3)11-13-6-8-19-9-7-13/h4-10,12,18H,11H2,1-3H3. The van der Waals surface area contributed by atoms with Crippen molar-refractivity contribution in [1.29, 1.82) is 0 Å². The van der Waals surface area contributed by atoms with E-state index in [1.54, 1.807) is 0 Å². The first-order valence-corrected chi connectivity index (χ1v) is 7.48. The van der Waals surface area contributed by atoms with E-state index in [9.17, 15) is 0 Å². The Balaban J connectivity index is 2.15. The van der Waals surface area contributed by atoms with Crippen LogP contribution in [0.5, 0.6) is 0 Å². The van der Waals surface area contributed by atoms with Crippen LogP contribution in [0.15, 0.2) is 47.2 Å². The van der Waals surface area contributed by atoms with Gasteiger partial charge in [-0.15, -0.1) is 0 Å². The fourth-order valence-electron chi connectivity index (χ4n) is 2.11. The fourth-order valence-corrected chi connectivity index (χ4v) is 2.82. The minimum atomic E-state index is 0.337. The summed E-state index contributed by atoms with van der Waals surface area (Å²) in [4.78, 5) is 6.28. The number of pyridine rings is 1. The van der Waals surface area contributed by atoms with Crippen LogP contribution in [0, 0.1) is 0 Å². The SMILES string of the molecule is CNC(C)c1ccc(N(C)Cc2ccncc2)cc1Br. The summed E-state index contributed by atoms with van der Waals surface area (Å²) in [6, 6.07) is 10.9. The smallest absolute Gasteiger partial charge is 0.0427 e. The molecule has 0 saturated carbocycles. The molecule has 0 fully saturated rings. The molecule has 106 valence electrons. The van der Waals surface area contributed by atoms with Crippen molar-refractivity contribution in [3.8, 4) is 0 Å². The molecule has 1 atom stereocenters. The summed E-state index contributed by atoms with van der Waals surface area (Å²) < 4.78 is 1.14. The zero-order valence-electron chi connectivity index (χ0n) is 12.1. The van der Waals surface area contributed by atoms with Gasteiger partial charge in [0.25, 0.3) is 0 Å². The number of nitrogens with one attached hydrogen (secondary N) is 1. The quantitative estimate of drug-likeness (QED) is 0.902. The van der Waals surface area contributed by atoms with Gasteiger partial charge in [0.2, 0.25) is 0 Å². The molecule has 1 heterocycles. The highest BCUT2D eigenvalue weighted by Crippen LogP contribution is 2.28. The molecular weight excluding hydrogens is 314 g/mol. The number of rotatable bonds is 5. The lowest BCUT2D eigenvalue weighted by molar-refractivity contribution is 0.649. The molecule has 0 saturated heterocycles. The van der Waals surface area contributed by atoms with Gasteiger partial charge < -0.3 is 10.2 Å². The summed E-state index contributed by atoms with van der Waals surface area (Å²) in [7, 11) is 4.07. The van der Waals surface area contributed by atoms with Crippen LogP contribution in [0.3, 0.4) is 0 Å². The monoisotopic (exact) mass is 333 g/mol. The predicted octanol–water partition coefficient (Wildman–Crippen LogP) is 3.76. The lowest BCUT2D eigenvalue weighted by atomic mass is 10.1. The van der Waals surface area contributed by atoms with Crippen LogP contribution in [0.25, 0.3) is 0 Å². The van der Waals surface area contributed by atoms with Crippen molar-refractivity contribution in [3.05, 3.63) is 58.3 Å². The lowest BCUT2D eigenvalue weighted by Crippen LogP contribution is -2.17. The maximum absolute atomic E-state index is 4.05. The molecule has 1 aromatic carbocycles. The van der Waals surface area contributed by atoms with Gasteiger partial charge in [0.1, 0.15) is 0 Å². The topological polar surface area (TPSA) is 28.2 Å². The summed E-state index contributed by atoms with van der Waals surface area (Å²) in [5, 5.41) is 3.26. The third-order valence-corrected chi connectivity index (χ3v) is 4.18. The Bertz CT molecular complexity index is 557. The first kappa shape index (κ1) is 15.0. The molecule has 3 nitrogen and oxygen atoms in total. The highest BCUT2D eigenvalue weighted by molar-refractivity contribution is 9.10. The number of nitrogens with zero attached hydrogens (tertiary/aromatic N) is 2. The zero-order valence-corrected chi connectivity index (χ0v) is 13.7. The molecule has 0 aliphatic rings. The van der Waals surface area contributed by atoms with E-state index < -0.39 is 0 Å². The number of hydrogen-bond donors (Lipinski definition) is 1. The van der Waals surface area contributed by atoms with Crippen LogP contribution in [0.4, 0.5) is 5.69 Å². The average Bonchev–Trinajstić information content (AvgIpc) is 2.47. The Hall–Kier alpha value is -1.39. The van der Waals surface area contributed by atoms with Crippen molar-refractivity contribution in [1.82, 2.24) is 10.3 Å². The van der Waals surface area contributed by atoms with Gasteiger partial charge in [0.05, 0.1) is 0 Å². The van der Waals surface area contributed by atoms with E-state index >= 15 is 0 Å². The van der Waals surface area contributed by atoms with E-state index in [4.69, 9.17) is 0 Å². The lowest BCUT2D eigenvalue weighted by Gasteiger charge is -2.21. The molecule has 1 N–H and O–H groups in total. The fraction of sp³-hybridized carbons (Fsp3) is 0.312. The van der Waals surface area contributed by atoms with Crippen molar-refractivity contribution in [3.63, 3.8) is 0 Å². The molecular formula is C16H20BrN3. The van der Waals surface area contributed by atoms with Gasteiger partial charge >= 0.3 is 0 Å². The van der Waals surface area contributed by atoms with Gasteiger partial charge in [-0.3, -0.25) is 4.98 Å². The van der Waals surface area contributed by atoms with E-state index in [0.29, 0.717) is 6.04 Å². The Morgan fingerprint density at radius 1 is 1.25 bits per heavy atom. The molecule has 0 aliphatic heterocycles. The van der Waals surface area contributed by atoms with E-state index in [1.807, 2.05) is 31.6 Å². The first-order chi connectivity index (χ1) is 9.61. The van der Waals surface area contributed by atoms with Crippen molar-refractivity contribution < 1.29 is 0 Å². The van der Waals surface area contributed by atoms with Gasteiger partial charge in [-0.2, -0.15) is 0 Å². The highest BCUT2D eigenvalue weighted by Gasteiger charge is 2.09. The number of hydrogen-bond acceptors (Lipinski definition) is 3. The van der Waals surface area contributed by atoms with Crippen molar-refractivity contribution >= 4 is 21.6 Å². The van der Waals surface area contributed by atoms with Crippen LogP contribution in [0.2, 0.25) is 0 Å². The molecule has 1 aromatic heterocycles. The van der Waals surface area contributed by atoms with E-state index in [1.165, 1.54) is 16.8 Å². The second-order valence-corrected chi connectivity index (χ2v) is 5.78. The second kappa shape index (κ2) is 6.86. The number of aromatic nitrogens is 1. The normalized spacial score (nSPS) is 12.2. The summed E-state index contributed by atoms with van der Waals surface area (Å²) in [5.74, 6) is 0. The maximum atomic E-state index is 4.05. The van der Waals surface area contributed by atoms with E-state index in [0.717, 1.165) is 11.0 Å². The van der Waals surface area contributed by atoms with Crippen LogP contribution in [-0.2, 0) is 6.54 Å². The largest absolute Gasteiger partial charge is 0.370 e. The molecule has 4 heteroatoms. The van der Waals surface area contributed by atoms with Gasteiger partial charge in [-0.05, 0) is 49.4 Å². The van der Waals surface area contributed by atoms with Gasteiger partial charge in [0.15, 0.2) is 0 Å². The maximum Gasteiger partial charge on any atom is 0.0427 e. The predicted molar refractivity (Wildman–Crippen MR) is 88.0 cm³/mol. The molecule has 20 heavy (non-hydrogen) atoms. The van der Waals surface area contributed by atoms with Crippen LogP contribution in [-0.4, -0.2) is 19.1 Å². The van der Waals surface area contributed by atoms with Crippen molar-refractivity contribution in [2.45, 2.75) is 19.5 Å². The molecule has 0 radical (unpaired) electrons. The molecule has 2 rings (SSSR count). The number of halogens is 1. The Kier molecular flexibility index (Phi) is 5.15. The van der Waals surface area contributed by atoms with Crippen LogP contribution >= 0.6 is 15.9 Å². The Morgan fingerprint density at radius 3 is 2.55 bits per heavy atom. The third-order valence-electron chi connectivity index (χ3n) is 3.49. The van der Waals surface area contributed by atoms with Crippen LogP contribution < -0.4 is 10.2 Å². The summed E-state index contributed by atoms with van der Waals surface area (Å²) in [5.41, 5.74) is 3.72. The zero-order chi connectivity index (χ0) is 14.5. The van der Waals surface area contributed by atoms with Gasteiger partial charge in [0, 0.05) is 42.2 Å². The van der Waals surface area contributed by atoms with Gasteiger partial charge in [-0.1, -0.05) is 22.0 Å². The summed E-state index contributed by atoms with van der Waals surface area (Å²) >= 11 is 3.67. The minimum Gasteiger partial charge on any atom is -0.370 e. The summed E-state index contributed by atoms with van der Waals surface area (Å²) in [6.07, 6.45) is 3.66. The van der Waals surface area contributed by atoms with Crippen molar-refractivity contribution in [2.75, 3.05) is 19.0 Å². The number of anilines is 1.